The van der Waals surface area contributed by atoms with Gasteiger partial charge in [-0.15, -0.1) is 0 Å². The van der Waals surface area contributed by atoms with Crippen LogP contribution in [0.3, 0.4) is 0 Å². The summed E-state index contributed by atoms with van der Waals surface area (Å²) in [6.07, 6.45) is -7.82. The van der Waals surface area contributed by atoms with Crippen LogP contribution in [0.25, 0.3) is 0 Å². The molecule has 1 atom stereocenters. The molecule has 0 spiro atoms. The fraction of sp³-hybridized carbons (Fsp3) is 0.700. The van der Waals surface area contributed by atoms with E-state index in [4.69, 9.17) is 4.74 Å². The van der Waals surface area contributed by atoms with Crippen molar-refractivity contribution in [2.45, 2.75) is 80.9 Å². The maximum absolute atomic E-state index is 14.4. The molecule has 1 unspecified atom stereocenters. The van der Waals surface area contributed by atoms with Crippen LogP contribution in [0.15, 0.2) is 24.3 Å². The van der Waals surface area contributed by atoms with Gasteiger partial charge in [0.05, 0.1) is 12.0 Å². The highest BCUT2D eigenvalue weighted by Crippen LogP contribution is 2.61. The summed E-state index contributed by atoms with van der Waals surface area (Å²) in [6.45, 7) is 2.58. The zero-order chi connectivity index (χ0) is 27.0. The Labute approximate surface area is 186 Å². The van der Waals surface area contributed by atoms with Gasteiger partial charge >= 0.3 is 35.8 Å². The first-order chi connectivity index (χ1) is 15.1. The monoisotopic (exact) mass is 524 g/mol. The molecule has 14 heteroatoms. The molecule has 34 heavy (non-hydrogen) atoms. The number of aryl methyl sites for hydroxylation is 1. The van der Waals surface area contributed by atoms with Gasteiger partial charge in [-0.05, 0) is 30.9 Å². The SMILES string of the molecule is CCCCc1ccc(C(C)(CC(F)(F)C(F)(F)C(F)(F)C(F)(F)C(F)(F)C(F)(F)F)OC)cc1. The molecule has 0 aliphatic carbocycles. The Morgan fingerprint density at radius 2 is 1.12 bits per heavy atom. The summed E-state index contributed by atoms with van der Waals surface area (Å²) >= 11 is 0. The maximum atomic E-state index is 14.4. The van der Waals surface area contributed by atoms with Crippen molar-refractivity contribution in [2.24, 2.45) is 0 Å². The quantitative estimate of drug-likeness (QED) is 0.267. The average Bonchev–Trinajstić information content (AvgIpc) is 2.70. The predicted octanol–water partition coefficient (Wildman–Crippen LogP) is 8.02. The fourth-order valence-electron chi connectivity index (χ4n) is 3.03. The molecule has 0 saturated heterocycles. The van der Waals surface area contributed by atoms with Crippen LogP contribution in [-0.4, -0.2) is 42.9 Å². The van der Waals surface area contributed by atoms with E-state index >= 15 is 0 Å². The number of benzene rings is 1. The number of unbranched alkanes of at least 4 members (excludes halogenated alkanes) is 1. The van der Waals surface area contributed by atoms with Crippen LogP contribution >= 0.6 is 0 Å². The standard InChI is InChI=1S/C20H21F13O/c1-4-5-6-12-7-9-13(10-8-12)14(2,34-3)11-15(21,22)16(23,24)17(25,26)18(27,28)19(29,30)20(31,32)33/h7-10H,4-6,11H2,1-3H3. The van der Waals surface area contributed by atoms with E-state index in [-0.39, 0.29) is 5.56 Å². The van der Waals surface area contributed by atoms with Crippen molar-refractivity contribution in [1.82, 2.24) is 0 Å². The van der Waals surface area contributed by atoms with E-state index in [1.54, 1.807) is 0 Å². The summed E-state index contributed by atoms with van der Waals surface area (Å²) in [6, 6.07) is 5.00. The molecule has 0 bridgehead atoms. The van der Waals surface area contributed by atoms with Crippen LogP contribution in [0.5, 0.6) is 0 Å². The molecule has 1 rings (SSSR count). The summed E-state index contributed by atoms with van der Waals surface area (Å²) in [5.74, 6) is -37.1. The molecule has 1 aromatic carbocycles. The second-order valence-corrected chi connectivity index (χ2v) is 7.91. The van der Waals surface area contributed by atoms with Crippen LogP contribution in [0.1, 0.15) is 44.2 Å². The lowest BCUT2D eigenvalue weighted by atomic mass is 9.83. The number of ether oxygens (including phenoxy) is 1. The van der Waals surface area contributed by atoms with E-state index in [0.29, 0.717) is 26.0 Å². The van der Waals surface area contributed by atoms with Gasteiger partial charge in [-0.25, -0.2) is 0 Å². The van der Waals surface area contributed by atoms with Crippen molar-refractivity contribution in [3.63, 3.8) is 0 Å². The van der Waals surface area contributed by atoms with E-state index in [1.807, 2.05) is 6.92 Å². The second-order valence-electron chi connectivity index (χ2n) is 7.91. The first-order valence-corrected chi connectivity index (χ1v) is 9.66. The highest BCUT2D eigenvalue weighted by molar-refractivity contribution is 5.28. The molecule has 0 heterocycles. The summed E-state index contributed by atoms with van der Waals surface area (Å²) in [4.78, 5) is 0. The zero-order valence-corrected chi connectivity index (χ0v) is 18.0. The van der Waals surface area contributed by atoms with Crippen molar-refractivity contribution in [1.29, 1.82) is 0 Å². The number of halogens is 13. The average molecular weight is 524 g/mol. The van der Waals surface area contributed by atoms with Gasteiger partial charge < -0.3 is 4.74 Å². The molecule has 198 valence electrons. The third-order valence-electron chi connectivity index (χ3n) is 5.39. The Bertz CT molecular complexity index is 815. The van der Waals surface area contributed by atoms with Crippen molar-refractivity contribution >= 4 is 0 Å². The van der Waals surface area contributed by atoms with Gasteiger partial charge in [0.25, 0.3) is 0 Å². The van der Waals surface area contributed by atoms with E-state index in [2.05, 4.69) is 0 Å². The lowest BCUT2D eigenvalue weighted by Gasteiger charge is -2.42. The van der Waals surface area contributed by atoms with Crippen LogP contribution in [0, 0.1) is 0 Å². The lowest BCUT2D eigenvalue weighted by molar-refractivity contribution is -0.441. The van der Waals surface area contributed by atoms with Crippen LogP contribution in [-0.2, 0) is 16.8 Å². The Hall–Kier alpha value is -1.73. The van der Waals surface area contributed by atoms with Gasteiger partial charge in [0.15, 0.2) is 0 Å². The first kappa shape index (κ1) is 30.3. The van der Waals surface area contributed by atoms with Gasteiger partial charge in [0.1, 0.15) is 0 Å². The van der Waals surface area contributed by atoms with Gasteiger partial charge in [0.2, 0.25) is 0 Å². The van der Waals surface area contributed by atoms with Crippen molar-refractivity contribution in [3.8, 4) is 0 Å². The Balaban J connectivity index is 3.41. The van der Waals surface area contributed by atoms with Crippen molar-refractivity contribution in [3.05, 3.63) is 35.4 Å². The third-order valence-corrected chi connectivity index (χ3v) is 5.39. The largest absolute Gasteiger partial charge is 0.460 e. The smallest absolute Gasteiger partial charge is 0.374 e. The highest BCUT2D eigenvalue weighted by Gasteiger charge is 2.90. The highest BCUT2D eigenvalue weighted by atomic mass is 19.4. The molecule has 1 aromatic rings. The molecule has 0 saturated carbocycles. The van der Waals surface area contributed by atoms with Gasteiger partial charge in [-0.3, -0.25) is 0 Å². The normalized spacial score (nSPS) is 16.5. The van der Waals surface area contributed by atoms with Crippen LogP contribution in [0.4, 0.5) is 57.1 Å². The second kappa shape index (κ2) is 9.38. The molecule has 1 nitrogen and oxygen atoms in total. The topological polar surface area (TPSA) is 9.23 Å². The first-order valence-electron chi connectivity index (χ1n) is 9.66. The van der Waals surface area contributed by atoms with Crippen molar-refractivity contribution < 1.29 is 61.8 Å². The molecule has 0 fully saturated rings. The van der Waals surface area contributed by atoms with Crippen LogP contribution < -0.4 is 0 Å². The van der Waals surface area contributed by atoms with E-state index in [0.717, 1.165) is 25.0 Å². The molecule has 0 radical (unpaired) electrons. The fourth-order valence-corrected chi connectivity index (χ4v) is 3.03. The summed E-state index contributed by atoms with van der Waals surface area (Å²) in [5, 5.41) is 0. The number of methoxy groups -OCH3 is 1. The summed E-state index contributed by atoms with van der Waals surface area (Å²) < 4.78 is 178. The van der Waals surface area contributed by atoms with Crippen molar-refractivity contribution in [2.75, 3.05) is 7.11 Å². The predicted molar refractivity (Wildman–Crippen MR) is 94.8 cm³/mol. The Kier molecular flexibility index (Phi) is 8.36. The zero-order valence-electron chi connectivity index (χ0n) is 18.0. The number of hydrogen-bond acceptors (Lipinski definition) is 1. The molecule has 0 aliphatic rings. The molecular weight excluding hydrogens is 503 g/mol. The van der Waals surface area contributed by atoms with E-state index < -0.39 is 47.8 Å². The Morgan fingerprint density at radius 3 is 1.50 bits per heavy atom. The lowest BCUT2D eigenvalue weighted by Crippen LogP contribution is -2.70. The molecule has 0 N–H and O–H groups in total. The number of alkyl halides is 13. The molecule has 0 aliphatic heterocycles. The number of rotatable bonds is 11. The maximum Gasteiger partial charge on any atom is 0.460 e. The minimum Gasteiger partial charge on any atom is -0.374 e. The van der Waals surface area contributed by atoms with Gasteiger partial charge in [0, 0.05) is 7.11 Å². The van der Waals surface area contributed by atoms with E-state index in [9.17, 15) is 57.1 Å². The molecule has 0 amide bonds. The number of hydrogen-bond donors (Lipinski definition) is 0. The summed E-state index contributed by atoms with van der Waals surface area (Å²) in [7, 11) is 0.698. The van der Waals surface area contributed by atoms with Gasteiger partial charge in [-0.2, -0.15) is 57.1 Å². The minimum atomic E-state index is -7.92. The minimum absolute atomic E-state index is 0.290. The molecule has 0 aromatic heterocycles. The Morgan fingerprint density at radius 1 is 0.676 bits per heavy atom. The summed E-state index contributed by atoms with van der Waals surface area (Å²) in [5.41, 5.74) is -2.16. The van der Waals surface area contributed by atoms with Gasteiger partial charge in [-0.1, -0.05) is 37.6 Å². The molecular formula is C20H21F13O. The van der Waals surface area contributed by atoms with E-state index in [1.165, 1.54) is 12.1 Å². The third kappa shape index (κ3) is 4.97. The van der Waals surface area contributed by atoms with Crippen LogP contribution in [0.2, 0.25) is 0 Å².